The molecule has 0 aromatic heterocycles. The molecular formula is C28H51NOS6. The molecule has 0 bridgehead atoms. The van der Waals surface area contributed by atoms with Gasteiger partial charge in [0, 0.05) is 11.6 Å². The van der Waals surface area contributed by atoms with Gasteiger partial charge in [-0.3, -0.25) is 9.69 Å². The van der Waals surface area contributed by atoms with Crippen molar-refractivity contribution in [1.29, 1.82) is 0 Å². The van der Waals surface area contributed by atoms with E-state index < -0.39 is 4.08 Å². The minimum absolute atomic E-state index is 0.103. The van der Waals surface area contributed by atoms with E-state index in [2.05, 4.69) is 76.0 Å². The van der Waals surface area contributed by atoms with Gasteiger partial charge >= 0.3 is 0 Å². The topological polar surface area (TPSA) is 20.3 Å². The van der Waals surface area contributed by atoms with Gasteiger partial charge in [-0.15, -0.1) is 70.6 Å². The molecule has 1 amide bonds. The van der Waals surface area contributed by atoms with Crippen LogP contribution in [0.25, 0.3) is 0 Å². The van der Waals surface area contributed by atoms with E-state index in [1.54, 1.807) is 0 Å². The van der Waals surface area contributed by atoms with Crippen molar-refractivity contribution in [3.8, 4) is 0 Å². The maximum atomic E-state index is 15.2. The molecule has 2 rings (SSSR count). The van der Waals surface area contributed by atoms with Crippen LogP contribution in [0.1, 0.15) is 99.3 Å². The lowest BCUT2D eigenvalue weighted by Gasteiger charge is -2.60. The number of thioether (sulfide) groups is 6. The van der Waals surface area contributed by atoms with Gasteiger partial charge in [-0.05, 0) is 92.3 Å². The zero-order valence-electron chi connectivity index (χ0n) is 23.6. The molecule has 8 heteroatoms. The van der Waals surface area contributed by atoms with E-state index in [0.29, 0.717) is 11.8 Å². The number of fused-ring (bicyclic) bond motifs is 1. The number of hydrogen-bond donors (Lipinski definition) is 0. The van der Waals surface area contributed by atoms with Gasteiger partial charge in [0.25, 0.3) is 5.91 Å². The second kappa shape index (κ2) is 17.9. The van der Waals surface area contributed by atoms with Gasteiger partial charge in [-0.2, -0.15) is 0 Å². The summed E-state index contributed by atoms with van der Waals surface area (Å²) in [6.45, 7) is 13.7. The van der Waals surface area contributed by atoms with Gasteiger partial charge in [0.2, 0.25) is 0 Å². The molecule has 1 aliphatic carbocycles. The lowest BCUT2D eigenvalue weighted by Crippen LogP contribution is -2.67. The van der Waals surface area contributed by atoms with Crippen molar-refractivity contribution in [2.75, 3.05) is 34.5 Å². The first-order valence-corrected chi connectivity index (χ1v) is 20.4. The number of rotatable bonds is 19. The van der Waals surface area contributed by atoms with E-state index in [4.69, 9.17) is 0 Å². The smallest absolute Gasteiger partial charge is 0.257 e. The molecule has 36 heavy (non-hydrogen) atoms. The summed E-state index contributed by atoms with van der Waals surface area (Å²) in [5.74, 6) is 7.45. The molecule has 0 spiro atoms. The van der Waals surface area contributed by atoms with E-state index >= 15 is 4.79 Å². The van der Waals surface area contributed by atoms with Crippen LogP contribution in [0.15, 0.2) is 11.8 Å². The Bertz CT molecular complexity index is 648. The highest BCUT2D eigenvalue weighted by Gasteiger charge is 2.68. The van der Waals surface area contributed by atoms with E-state index in [-0.39, 0.29) is 8.78 Å². The van der Waals surface area contributed by atoms with Gasteiger partial charge in [0.15, 0.2) is 4.08 Å². The molecule has 0 aromatic carbocycles. The molecule has 1 fully saturated rings. The Labute approximate surface area is 249 Å². The molecule has 210 valence electrons. The van der Waals surface area contributed by atoms with Crippen LogP contribution < -0.4 is 0 Å². The van der Waals surface area contributed by atoms with Crippen molar-refractivity contribution in [1.82, 2.24) is 4.90 Å². The number of amides is 1. The number of allylic oxidation sites excluding steroid dienone is 2. The summed E-state index contributed by atoms with van der Waals surface area (Å²) in [5.41, 5.74) is 1.38. The molecule has 1 heterocycles. The minimum atomic E-state index is -0.435. The highest BCUT2D eigenvalue weighted by molar-refractivity contribution is 8.26. The first-order chi connectivity index (χ1) is 17.5. The Kier molecular flexibility index (Phi) is 16.7. The Morgan fingerprint density at radius 1 is 0.778 bits per heavy atom. The van der Waals surface area contributed by atoms with Crippen molar-refractivity contribution in [2.45, 2.75) is 112 Å². The van der Waals surface area contributed by atoms with Gasteiger partial charge in [-0.1, -0.05) is 47.6 Å². The summed E-state index contributed by atoms with van der Waals surface area (Å²) in [4.78, 5) is 17.6. The van der Waals surface area contributed by atoms with Crippen molar-refractivity contribution in [3.63, 3.8) is 0 Å². The third-order valence-electron chi connectivity index (χ3n) is 6.30. The summed E-state index contributed by atoms with van der Waals surface area (Å²) >= 11 is 12.3. The zero-order chi connectivity index (χ0) is 26.4. The summed E-state index contributed by atoms with van der Waals surface area (Å²) in [7, 11) is 0. The van der Waals surface area contributed by atoms with E-state index in [9.17, 15) is 0 Å². The van der Waals surface area contributed by atoms with Crippen LogP contribution in [0.4, 0.5) is 0 Å². The van der Waals surface area contributed by atoms with Crippen molar-refractivity contribution >= 4 is 76.5 Å². The molecule has 1 saturated heterocycles. The molecular weight excluding hydrogens is 559 g/mol. The molecule has 2 nitrogen and oxygen atoms in total. The number of piperidine rings is 1. The first-order valence-electron chi connectivity index (χ1n) is 14.4. The molecule has 2 aliphatic rings. The van der Waals surface area contributed by atoms with Gasteiger partial charge in [-0.25, -0.2) is 0 Å². The molecule has 0 saturated carbocycles. The normalized spacial score (nSPS) is 21.1. The van der Waals surface area contributed by atoms with Gasteiger partial charge in [0.05, 0.1) is 0 Å². The average molecular weight is 610 g/mol. The number of carbonyl (C=O) groups excluding carboxylic acids is 1. The Hall–Kier alpha value is 1.31. The molecule has 0 N–H and O–H groups in total. The summed E-state index contributed by atoms with van der Waals surface area (Å²) < 4.78 is -0.345. The number of likely N-dealkylation sites (tertiary alicyclic amines) is 1. The van der Waals surface area contributed by atoms with Crippen LogP contribution in [0.5, 0.6) is 0 Å². The monoisotopic (exact) mass is 609 g/mol. The fourth-order valence-corrected chi connectivity index (χ4v) is 15.0. The molecule has 1 unspecified atom stereocenters. The van der Waals surface area contributed by atoms with Crippen LogP contribution in [0.2, 0.25) is 0 Å². The van der Waals surface area contributed by atoms with Crippen LogP contribution >= 0.6 is 70.6 Å². The third kappa shape index (κ3) is 7.73. The van der Waals surface area contributed by atoms with Crippen LogP contribution in [-0.4, -0.2) is 58.2 Å². The highest BCUT2D eigenvalue weighted by Crippen LogP contribution is 2.68. The Morgan fingerprint density at radius 2 is 1.25 bits per heavy atom. The molecule has 1 aliphatic heterocycles. The standard InChI is InChI=1S/C28H51NOS6/c1-7-17-31-26(32-18-8-2)29-24-16-14-13-15-23(24)27(33-19-9-3,34-20-10-4)28(25(29)30,35-21-11-5)36-22-12-6/h16,23,26H,7-15,17-22H2,1-6H3. The Morgan fingerprint density at radius 3 is 1.72 bits per heavy atom. The Balaban J connectivity index is 2.76. The summed E-state index contributed by atoms with van der Waals surface area (Å²) in [6.07, 6.45) is 12.9. The van der Waals surface area contributed by atoms with Gasteiger partial charge < -0.3 is 0 Å². The fraction of sp³-hybridized carbons (Fsp3) is 0.893. The van der Waals surface area contributed by atoms with Crippen molar-refractivity contribution in [2.24, 2.45) is 5.92 Å². The fourth-order valence-electron chi connectivity index (χ4n) is 4.82. The summed E-state index contributed by atoms with van der Waals surface area (Å²) in [5, 5.41) is 0. The second-order valence-corrected chi connectivity index (χ2v) is 18.0. The van der Waals surface area contributed by atoms with Crippen molar-refractivity contribution in [3.05, 3.63) is 11.8 Å². The van der Waals surface area contributed by atoms with Crippen LogP contribution in [0.3, 0.4) is 0 Å². The predicted octanol–water partition coefficient (Wildman–Crippen LogP) is 10.0. The average Bonchev–Trinajstić information content (AvgIpc) is 2.90. The zero-order valence-corrected chi connectivity index (χ0v) is 28.5. The first kappa shape index (κ1) is 33.5. The lowest BCUT2D eigenvalue weighted by molar-refractivity contribution is -0.132. The summed E-state index contributed by atoms with van der Waals surface area (Å²) in [6, 6.07) is 0. The predicted molar refractivity (Wildman–Crippen MR) is 178 cm³/mol. The van der Waals surface area contributed by atoms with E-state index in [1.807, 2.05) is 47.0 Å². The maximum absolute atomic E-state index is 15.2. The number of nitrogens with zero attached hydrogens (tertiary/aromatic N) is 1. The van der Waals surface area contributed by atoms with Crippen LogP contribution in [-0.2, 0) is 4.79 Å². The van der Waals surface area contributed by atoms with E-state index in [1.165, 1.54) is 18.5 Å². The van der Waals surface area contributed by atoms with Gasteiger partial charge in [0.1, 0.15) is 8.78 Å². The molecule has 0 aromatic rings. The molecule has 0 radical (unpaired) electrons. The minimum Gasteiger partial charge on any atom is -0.292 e. The van der Waals surface area contributed by atoms with Crippen molar-refractivity contribution < 1.29 is 4.79 Å². The quantitative estimate of drug-likeness (QED) is 0.134. The SMILES string of the molecule is CCCSC(SCCC)N1C(=O)C(SCCC)(SCCC)C(SCCC)(SCCC)C2CCCC=C21. The maximum Gasteiger partial charge on any atom is 0.257 e. The third-order valence-corrected chi connectivity index (χ3v) is 17.6. The number of hydrogen-bond acceptors (Lipinski definition) is 7. The lowest BCUT2D eigenvalue weighted by atomic mass is 9.83. The molecule has 1 atom stereocenters. The number of carbonyl (C=O) groups is 1. The van der Waals surface area contributed by atoms with E-state index in [0.717, 1.165) is 79.5 Å². The largest absolute Gasteiger partial charge is 0.292 e. The highest BCUT2D eigenvalue weighted by atomic mass is 32.2. The second-order valence-electron chi connectivity index (χ2n) is 9.51. The van der Waals surface area contributed by atoms with Crippen LogP contribution in [0, 0.1) is 5.92 Å².